The molecule has 1 atom stereocenters. The Labute approximate surface area is 223 Å². The number of aromatic nitrogens is 4. The number of hydrogen-bond donors (Lipinski definition) is 1. The zero-order valence-electron chi connectivity index (χ0n) is 20.8. The zero-order chi connectivity index (χ0) is 28.7. The SMILES string of the molecule is O=C(CC[C@@H]1Cc2ccccc2N1c1cc(C(F)(F)F)c(=O)[nH]n1)N1CCN(c2ncc(C(F)(F)F)cn2)CC1. The molecule has 2 aliphatic heterocycles. The molecule has 2 aromatic heterocycles. The second-order valence-corrected chi connectivity index (χ2v) is 9.50. The Balaban J connectivity index is 1.24. The van der Waals surface area contributed by atoms with E-state index in [4.69, 9.17) is 0 Å². The molecule has 1 amide bonds. The van der Waals surface area contributed by atoms with Crippen molar-refractivity contribution < 1.29 is 31.1 Å². The highest BCUT2D eigenvalue weighted by molar-refractivity contribution is 5.77. The molecule has 5 rings (SSSR count). The fourth-order valence-corrected chi connectivity index (χ4v) is 4.97. The third-order valence-electron chi connectivity index (χ3n) is 6.99. The van der Waals surface area contributed by atoms with Crippen molar-refractivity contribution in [1.82, 2.24) is 25.1 Å². The van der Waals surface area contributed by atoms with Gasteiger partial charge in [0.15, 0.2) is 5.82 Å². The minimum absolute atomic E-state index is 0.0699. The summed E-state index contributed by atoms with van der Waals surface area (Å²) in [5, 5.41) is 5.80. The van der Waals surface area contributed by atoms with E-state index in [9.17, 15) is 35.9 Å². The topological polar surface area (TPSA) is 98.3 Å². The van der Waals surface area contributed by atoms with Crippen molar-refractivity contribution in [2.45, 2.75) is 37.7 Å². The van der Waals surface area contributed by atoms with Gasteiger partial charge in [-0.15, -0.1) is 0 Å². The monoisotopic (exact) mass is 567 g/mol. The number of nitrogens with one attached hydrogen (secondary N) is 1. The summed E-state index contributed by atoms with van der Waals surface area (Å²) in [6.45, 7) is 1.29. The van der Waals surface area contributed by atoms with Crippen LogP contribution in [0.1, 0.15) is 29.5 Å². The van der Waals surface area contributed by atoms with Crippen molar-refractivity contribution in [3.63, 3.8) is 0 Å². The van der Waals surface area contributed by atoms with Crippen LogP contribution in [0.15, 0.2) is 47.5 Å². The summed E-state index contributed by atoms with van der Waals surface area (Å²) >= 11 is 0. The molecule has 1 N–H and O–H groups in total. The van der Waals surface area contributed by atoms with Gasteiger partial charge in [-0.25, -0.2) is 15.1 Å². The van der Waals surface area contributed by atoms with E-state index in [0.29, 0.717) is 44.7 Å². The number of rotatable bonds is 5. The van der Waals surface area contributed by atoms with Gasteiger partial charge in [0, 0.05) is 62.8 Å². The quantitative estimate of drug-likeness (QED) is 0.469. The van der Waals surface area contributed by atoms with Crippen molar-refractivity contribution in [3.05, 3.63) is 69.8 Å². The van der Waals surface area contributed by atoms with Crippen LogP contribution < -0.4 is 15.4 Å². The highest BCUT2D eigenvalue weighted by Crippen LogP contribution is 2.40. The summed E-state index contributed by atoms with van der Waals surface area (Å²) in [5.74, 6) is -0.0835. The number of nitrogens with zero attached hydrogens (tertiary/aromatic N) is 6. The zero-order valence-corrected chi connectivity index (χ0v) is 20.8. The van der Waals surface area contributed by atoms with Gasteiger partial charge in [0.1, 0.15) is 5.56 Å². The van der Waals surface area contributed by atoms with E-state index in [1.807, 2.05) is 17.2 Å². The summed E-state index contributed by atoms with van der Waals surface area (Å²) in [4.78, 5) is 37.3. The number of halogens is 6. The predicted octanol–water partition coefficient (Wildman–Crippen LogP) is 3.79. The minimum Gasteiger partial charge on any atom is -0.339 e. The lowest BCUT2D eigenvalue weighted by molar-refractivity contribution is -0.139. The second-order valence-electron chi connectivity index (χ2n) is 9.50. The maximum absolute atomic E-state index is 13.4. The lowest BCUT2D eigenvalue weighted by Gasteiger charge is -2.35. The number of anilines is 3. The van der Waals surface area contributed by atoms with Gasteiger partial charge in [-0.05, 0) is 24.5 Å². The average Bonchev–Trinajstić information content (AvgIpc) is 3.29. The van der Waals surface area contributed by atoms with Crippen molar-refractivity contribution in [1.29, 1.82) is 0 Å². The number of piperazine rings is 1. The van der Waals surface area contributed by atoms with Crippen molar-refractivity contribution in [2.24, 2.45) is 0 Å². The first-order chi connectivity index (χ1) is 18.9. The maximum atomic E-state index is 13.4. The molecule has 0 bridgehead atoms. The first-order valence-electron chi connectivity index (χ1n) is 12.4. The molecule has 212 valence electrons. The van der Waals surface area contributed by atoms with Crippen LogP contribution in [0, 0.1) is 0 Å². The van der Waals surface area contributed by atoms with Gasteiger partial charge in [0.05, 0.1) is 5.56 Å². The molecule has 4 heterocycles. The molecule has 40 heavy (non-hydrogen) atoms. The van der Waals surface area contributed by atoms with Gasteiger partial charge in [-0.2, -0.15) is 31.4 Å². The average molecular weight is 567 g/mol. The maximum Gasteiger partial charge on any atom is 0.421 e. The summed E-state index contributed by atoms with van der Waals surface area (Å²) in [7, 11) is 0. The number of benzene rings is 1. The molecule has 15 heteroatoms. The van der Waals surface area contributed by atoms with E-state index in [2.05, 4.69) is 15.1 Å². The fourth-order valence-electron chi connectivity index (χ4n) is 4.97. The molecule has 1 saturated heterocycles. The Morgan fingerprint density at radius 2 is 1.65 bits per heavy atom. The Kier molecular flexibility index (Phi) is 7.14. The number of amides is 1. The number of carbonyl (C=O) groups excluding carboxylic acids is 1. The summed E-state index contributed by atoms with van der Waals surface area (Å²) in [5.41, 5.74) is -2.10. The lowest BCUT2D eigenvalue weighted by Crippen LogP contribution is -2.49. The molecule has 0 unspecified atom stereocenters. The largest absolute Gasteiger partial charge is 0.421 e. The molecule has 3 aromatic rings. The summed E-state index contributed by atoms with van der Waals surface area (Å²) in [6, 6.07) is 7.50. The number of alkyl halides is 6. The Morgan fingerprint density at radius 3 is 2.30 bits per heavy atom. The van der Waals surface area contributed by atoms with Gasteiger partial charge < -0.3 is 14.7 Å². The summed E-state index contributed by atoms with van der Waals surface area (Å²) in [6.07, 6.45) is -7.04. The van der Waals surface area contributed by atoms with Gasteiger partial charge in [0.2, 0.25) is 11.9 Å². The van der Waals surface area contributed by atoms with Crippen LogP contribution in [0.3, 0.4) is 0 Å². The summed E-state index contributed by atoms with van der Waals surface area (Å²) < 4.78 is 78.5. The lowest BCUT2D eigenvalue weighted by atomic mass is 10.1. The first-order valence-corrected chi connectivity index (χ1v) is 12.4. The third kappa shape index (κ3) is 5.58. The number of fused-ring (bicyclic) bond motifs is 1. The number of hydrogen-bond acceptors (Lipinski definition) is 7. The fraction of sp³-hybridized carbons (Fsp3) is 0.400. The van der Waals surface area contributed by atoms with E-state index in [0.717, 1.165) is 24.0 Å². The van der Waals surface area contributed by atoms with Crippen LogP contribution >= 0.6 is 0 Å². The minimum atomic E-state index is -4.86. The normalized spacial score (nSPS) is 17.8. The van der Waals surface area contributed by atoms with E-state index in [-0.39, 0.29) is 30.1 Å². The molecule has 0 radical (unpaired) electrons. The molecule has 9 nitrogen and oxygen atoms in total. The molecule has 0 saturated carbocycles. The van der Waals surface area contributed by atoms with E-state index in [1.165, 1.54) is 0 Å². The van der Waals surface area contributed by atoms with Gasteiger partial charge >= 0.3 is 12.4 Å². The Morgan fingerprint density at radius 1 is 0.975 bits per heavy atom. The molecule has 0 spiro atoms. The highest BCUT2D eigenvalue weighted by Gasteiger charge is 2.38. The predicted molar refractivity (Wildman–Crippen MR) is 131 cm³/mol. The first kappa shape index (κ1) is 27.4. The highest BCUT2D eigenvalue weighted by atomic mass is 19.4. The van der Waals surface area contributed by atoms with E-state index < -0.39 is 29.0 Å². The van der Waals surface area contributed by atoms with Crippen LogP contribution in [0.5, 0.6) is 0 Å². The van der Waals surface area contributed by atoms with Crippen LogP contribution in [0.2, 0.25) is 0 Å². The molecular weight excluding hydrogens is 544 g/mol. The molecule has 2 aliphatic rings. The van der Waals surface area contributed by atoms with Gasteiger partial charge in [-0.3, -0.25) is 9.59 Å². The smallest absolute Gasteiger partial charge is 0.339 e. The van der Waals surface area contributed by atoms with Crippen LogP contribution in [0.4, 0.5) is 43.8 Å². The number of carbonyl (C=O) groups is 1. The van der Waals surface area contributed by atoms with Crippen molar-refractivity contribution in [3.8, 4) is 0 Å². The van der Waals surface area contributed by atoms with E-state index in [1.54, 1.807) is 26.8 Å². The van der Waals surface area contributed by atoms with Crippen molar-refractivity contribution >= 4 is 23.4 Å². The number of aromatic amines is 1. The number of H-pyrrole nitrogens is 1. The number of para-hydroxylation sites is 1. The molecule has 1 aromatic carbocycles. The van der Waals surface area contributed by atoms with Crippen LogP contribution in [0.25, 0.3) is 0 Å². The molecule has 0 aliphatic carbocycles. The van der Waals surface area contributed by atoms with Gasteiger partial charge in [0.25, 0.3) is 5.56 Å². The Hall–Kier alpha value is -4.17. The third-order valence-corrected chi connectivity index (χ3v) is 6.99. The second kappa shape index (κ2) is 10.4. The van der Waals surface area contributed by atoms with Crippen molar-refractivity contribution in [2.75, 3.05) is 36.0 Å². The standard InChI is InChI=1S/C25H23F6N7O2/c26-24(27,28)16-13-32-23(33-14-16)37-9-7-36(8-10-37)21(39)6-5-17-11-15-3-1-2-4-19(15)38(17)20-12-18(25(29,30)31)22(40)35-34-20/h1-4,12-14,17H,5-11H2,(H,35,40)/t17-/m1/s1. The van der Waals surface area contributed by atoms with Crippen LogP contribution in [-0.2, 0) is 23.6 Å². The Bertz CT molecular complexity index is 1430. The molecular formula is C25H23F6N7O2. The van der Waals surface area contributed by atoms with E-state index >= 15 is 0 Å². The van der Waals surface area contributed by atoms with Gasteiger partial charge in [-0.1, -0.05) is 18.2 Å². The molecule has 1 fully saturated rings. The van der Waals surface area contributed by atoms with Crippen LogP contribution in [-0.4, -0.2) is 63.2 Å².